The van der Waals surface area contributed by atoms with Crippen LogP contribution in [0.3, 0.4) is 0 Å². The summed E-state index contributed by atoms with van der Waals surface area (Å²) >= 11 is 4.85. The highest BCUT2D eigenvalue weighted by Gasteiger charge is 2.34. The summed E-state index contributed by atoms with van der Waals surface area (Å²) in [4.78, 5) is 31.0. The summed E-state index contributed by atoms with van der Waals surface area (Å²) in [5.41, 5.74) is 5.34. The molecule has 3 rings (SSSR count). The maximum Gasteiger partial charge on any atom is 0.414 e. The molecule has 2 aliphatic rings. The van der Waals surface area contributed by atoms with Gasteiger partial charge >= 0.3 is 6.09 Å². The number of anilines is 2. The summed E-state index contributed by atoms with van der Waals surface area (Å²) in [5, 5.41) is 3.89. The third-order valence-electron chi connectivity index (χ3n) is 4.51. The lowest BCUT2D eigenvalue weighted by atomic mass is 10.2. The van der Waals surface area contributed by atoms with Gasteiger partial charge in [-0.25, -0.2) is 18.6 Å². The molecule has 3 N–H and O–H groups in total. The average molecular weight is 429 g/mol. The Morgan fingerprint density at radius 2 is 2.00 bits per heavy atom. The van der Waals surface area contributed by atoms with Crippen molar-refractivity contribution in [3.8, 4) is 0 Å². The van der Waals surface area contributed by atoms with Gasteiger partial charge in [0.2, 0.25) is 5.91 Å². The number of cyclic esters (lactones) is 1. The van der Waals surface area contributed by atoms with Crippen molar-refractivity contribution in [3.63, 3.8) is 0 Å². The van der Waals surface area contributed by atoms with Crippen molar-refractivity contribution in [1.29, 1.82) is 0 Å². The lowest BCUT2D eigenvalue weighted by molar-refractivity contribution is -0.119. The van der Waals surface area contributed by atoms with Gasteiger partial charge in [0.25, 0.3) is 0 Å². The molecular formula is C17H21F2N5O4S. The van der Waals surface area contributed by atoms with Gasteiger partial charge in [-0.15, -0.1) is 0 Å². The fourth-order valence-corrected chi connectivity index (χ4v) is 3.30. The zero-order valence-corrected chi connectivity index (χ0v) is 16.5. The molecule has 1 aromatic carbocycles. The Bertz CT molecular complexity index is 804. The van der Waals surface area contributed by atoms with E-state index in [2.05, 4.69) is 5.32 Å². The molecular weight excluding hydrogens is 408 g/mol. The number of hydrogen-bond acceptors (Lipinski definition) is 6. The van der Waals surface area contributed by atoms with Crippen LogP contribution in [0.2, 0.25) is 0 Å². The van der Waals surface area contributed by atoms with Crippen LogP contribution in [0.15, 0.2) is 12.1 Å². The van der Waals surface area contributed by atoms with Crippen molar-refractivity contribution >= 4 is 40.7 Å². The maximum absolute atomic E-state index is 14.8. The van der Waals surface area contributed by atoms with Gasteiger partial charge in [-0.1, -0.05) is 0 Å². The first-order valence-electron chi connectivity index (χ1n) is 8.92. The summed E-state index contributed by atoms with van der Waals surface area (Å²) in [6, 6.07) is 2.16. The van der Waals surface area contributed by atoms with Crippen LogP contribution in [-0.2, 0) is 14.4 Å². The van der Waals surface area contributed by atoms with E-state index >= 15 is 0 Å². The van der Waals surface area contributed by atoms with Crippen molar-refractivity contribution in [3.05, 3.63) is 23.8 Å². The van der Waals surface area contributed by atoms with Crippen LogP contribution >= 0.6 is 12.2 Å². The van der Waals surface area contributed by atoms with E-state index in [9.17, 15) is 18.4 Å². The molecule has 0 bridgehead atoms. The zero-order chi connectivity index (χ0) is 21.1. The minimum Gasteiger partial charge on any atom is -0.442 e. The van der Waals surface area contributed by atoms with Crippen molar-refractivity contribution in [2.45, 2.75) is 13.0 Å². The highest BCUT2D eigenvalue weighted by Crippen LogP contribution is 2.31. The first-order valence-corrected chi connectivity index (χ1v) is 9.33. The van der Waals surface area contributed by atoms with Crippen molar-refractivity contribution in [2.24, 2.45) is 5.73 Å². The summed E-state index contributed by atoms with van der Waals surface area (Å²) in [6.07, 6.45) is -1.34. The highest BCUT2D eigenvalue weighted by molar-refractivity contribution is 7.80. The zero-order valence-electron chi connectivity index (χ0n) is 15.7. The fraction of sp³-hybridized carbons (Fsp3) is 0.471. The van der Waals surface area contributed by atoms with Crippen LogP contribution < -0.4 is 20.9 Å². The minimum absolute atomic E-state index is 0.0370. The van der Waals surface area contributed by atoms with Crippen LogP contribution in [0.25, 0.3) is 0 Å². The van der Waals surface area contributed by atoms with Gasteiger partial charge in [-0.05, 0) is 12.2 Å². The molecule has 2 aliphatic heterocycles. The van der Waals surface area contributed by atoms with E-state index in [0.29, 0.717) is 0 Å². The number of amides is 2. The standard InChI is InChI=1S/C17H21F2N5O4S/c1-10(25)21-8-12-9-23(17(26)28-12)11-6-13(18)15(14(19)7-11)22-2-3-24(16(20)29)27-5-4-22/h6-7,12H,2-5,8-9H2,1H3,(H2,20,29)(H,21,25)/t12-/m0/s1. The molecule has 9 nitrogen and oxygen atoms in total. The molecule has 0 aromatic heterocycles. The number of nitrogens with one attached hydrogen (secondary N) is 1. The molecule has 0 aliphatic carbocycles. The molecule has 1 aromatic rings. The number of halogens is 2. The van der Waals surface area contributed by atoms with E-state index in [4.69, 9.17) is 27.5 Å². The normalized spacial score (nSPS) is 19.8. The molecule has 2 amide bonds. The number of benzene rings is 1. The van der Waals surface area contributed by atoms with E-state index in [-0.39, 0.29) is 61.7 Å². The first-order chi connectivity index (χ1) is 13.8. The third-order valence-corrected chi connectivity index (χ3v) is 4.71. The quantitative estimate of drug-likeness (QED) is 0.676. The van der Waals surface area contributed by atoms with Gasteiger partial charge in [0.1, 0.15) is 11.8 Å². The Morgan fingerprint density at radius 3 is 2.62 bits per heavy atom. The molecule has 0 radical (unpaired) electrons. The Morgan fingerprint density at radius 1 is 1.31 bits per heavy atom. The van der Waals surface area contributed by atoms with Crippen LogP contribution in [0.1, 0.15) is 6.92 Å². The van der Waals surface area contributed by atoms with E-state index < -0.39 is 23.8 Å². The third kappa shape index (κ3) is 4.82. The number of carbonyl (C=O) groups excluding carboxylic acids is 2. The Hall–Kier alpha value is -2.73. The SMILES string of the molecule is CC(=O)NC[C@H]1CN(c2cc(F)c(N3CCON(C(N)=S)CC3)c(F)c2)C(=O)O1. The van der Waals surface area contributed by atoms with Gasteiger partial charge in [0.15, 0.2) is 16.7 Å². The van der Waals surface area contributed by atoms with E-state index in [0.717, 1.165) is 17.0 Å². The minimum atomic E-state index is -0.818. The van der Waals surface area contributed by atoms with Crippen LogP contribution in [0.4, 0.5) is 25.0 Å². The number of hydroxylamine groups is 2. The van der Waals surface area contributed by atoms with Gasteiger partial charge < -0.3 is 20.7 Å². The number of ether oxygens (including phenoxy) is 1. The Kier molecular flexibility index (Phi) is 6.33. The number of rotatable bonds is 4. The Balaban J connectivity index is 1.75. The highest BCUT2D eigenvalue weighted by atomic mass is 32.1. The second-order valence-electron chi connectivity index (χ2n) is 6.57. The van der Waals surface area contributed by atoms with Crippen molar-refractivity contribution in [1.82, 2.24) is 10.4 Å². The smallest absolute Gasteiger partial charge is 0.414 e. The molecule has 2 heterocycles. The van der Waals surface area contributed by atoms with Crippen LogP contribution in [0.5, 0.6) is 0 Å². The van der Waals surface area contributed by atoms with E-state index in [1.165, 1.54) is 16.9 Å². The van der Waals surface area contributed by atoms with E-state index in [1.54, 1.807) is 0 Å². The molecule has 0 saturated carbocycles. The molecule has 0 spiro atoms. The molecule has 12 heteroatoms. The molecule has 1 atom stereocenters. The second kappa shape index (κ2) is 8.74. The number of hydrogen-bond donors (Lipinski definition) is 2. The summed E-state index contributed by atoms with van der Waals surface area (Å²) < 4.78 is 34.7. The molecule has 29 heavy (non-hydrogen) atoms. The monoisotopic (exact) mass is 429 g/mol. The second-order valence-corrected chi connectivity index (χ2v) is 6.99. The Labute approximate surface area is 171 Å². The first kappa shape index (κ1) is 21.0. The summed E-state index contributed by atoms with van der Waals surface area (Å²) in [6.45, 7) is 2.41. The topological polar surface area (TPSA) is 100 Å². The van der Waals surface area contributed by atoms with E-state index in [1.807, 2.05) is 0 Å². The summed E-state index contributed by atoms with van der Waals surface area (Å²) in [5.74, 6) is -1.90. The van der Waals surface area contributed by atoms with Crippen LogP contribution in [-0.4, -0.2) is 67.6 Å². The number of carbonyl (C=O) groups is 2. The van der Waals surface area contributed by atoms with Gasteiger partial charge in [-0.3, -0.25) is 14.5 Å². The molecule has 0 unspecified atom stereocenters. The number of nitrogens with zero attached hydrogens (tertiary/aromatic N) is 3. The lowest BCUT2D eigenvalue weighted by Crippen LogP contribution is -2.38. The molecule has 2 saturated heterocycles. The number of thiocarbonyl (C=S) groups is 1. The fourth-order valence-electron chi connectivity index (χ4n) is 3.15. The van der Waals surface area contributed by atoms with Gasteiger partial charge in [0, 0.05) is 32.1 Å². The van der Waals surface area contributed by atoms with Gasteiger partial charge in [-0.2, -0.15) is 0 Å². The predicted molar refractivity (Wildman–Crippen MR) is 104 cm³/mol. The van der Waals surface area contributed by atoms with Crippen molar-refractivity contribution in [2.75, 3.05) is 49.1 Å². The lowest BCUT2D eigenvalue weighted by Gasteiger charge is -2.24. The van der Waals surface area contributed by atoms with Crippen molar-refractivity contribution < 1.29 is 27.9 Å². The molecule has 2 fully saturated rings. The number of nitrogens with two attached hydrogens (primary N) is 1. The average Bonchev–Trinajstić information content (AvgIpc) is 2.85. The largest absolute Gasteiger partial charge is 0.442 e. The molecule has 158 valence electrons. The summed E-state index contributed by atoms with van der Waals surface area (Å²) in [7, 11) is 0. The van der Waals surface area contributed by atoms with Gasteiger partial charge in [0.05, 0.1) is 31.9 Å². The predicted octanol–water partition coefficient (Wildman–Crippen LogP) is 0.723. The van der Waals surface area contributed by atoms with Crippen LogP contribution in [0, 0.1) is 11.6 Å². The maximum atomic E-state index is 14.8.